The number of aryl methyl sites for hydroxylation is 2. The molecule has 0 saturated carbocycles. The molecule has 1 aromatic heterocycles. The van der Waals surface area contributed by atoms with Gasteiger partial charge in [-0.15, -0.1) is 0 Å². The van der Waals surface area contributed by atoms with Gasteiger partial charge in [0, 0.05) is 23.4 Å². The van der Waals surface area contributed by atoms with Gasteiger partial charge in [-0.25, -0.2) is 0 Å². The number of para-hydroxylation sites is 1. The zero-order valence-electron chi connectivity index (χ0n) is 10.6. The minimum absolute atomic E-state index is 0.0657. The van der Waals surface area contributed by atoms with Crippen LogP contribution in [0.15, 0.2) is 22.6 Å². The molecule has 4 heteroatoms. The minimum Gasteiger partial charge on any atom is -0.481 e. The second kappa shape index (κ2) is 4.82. The first-order valence-electron chi connectivity index (χ1n) is 5.96. The Morgan fingerprint density at radius 3 is 2.83 bits per heavy atom. The van der Waals surface area contributed by atoms with Gasteiger partial charge in [0.05, 0.1) is 0 Å². The van der Waals surface area contributed by atoms with Crippen molar-refractivity contribution in [3.8, 4) is 0 Å². The number of hydrogen-bond acceptors (Lipinski definition) is 3. The number of nitrogens with two attached hydrogens (primary N) is 1. The fraction of sp³-hybridized carbons (Fsp3) is 0.357. The molecule has 18 heavy (non-hydrogen) atoms. The number of furan rings is 1. The molecule has 0 spiro atoms. The smallest absolute Gasteiger partial charge is 0.303 e. The van der Waals surface area contributed by atoms with E-state index in [1.54, 1.807) is 0 Å². The SMILES string of the molecule is Cc1oc2c(C(N)CCC(=O)O)cccc2c1C. The number of fused-ring (bicyclic) bond motifs is 1. The van der Waals surface area contributed by atoms with Crippen molar-refractivity contribution in [1.82, 2.24) is 0 Å². The van der Waals surface area contributed by atoms with Gasteiger partial charge in [0.25, 0.3) is 0 Å². The minimum atomic E-state index is -0.829. The third-order valence-corrected chi connectivity index (χ3v) is 3.30. The molecular formula is C14H17NO3. The van der Waals surface area contributed by atoms with Crippen molar-refractivity contribution in [1.29, 1.82) is 0 Å². The van der Waals surface area contributed by atoms with Crippen LogP contribution in [0.2, 0.25) is 0 Å². The van der Waals surface area contributed by atoms with Crippen molar-refractivity contribution in [2.45, 2.75) is 32.7 Å². The summed E-state index contributed by atoms with van der Waals surface area (Å²) in [6.07, 6.45) is 0.476. The highest BCUT2D eigenvalue weighted by molar-refractivity contribution is 5.85. The molecule has 0 aliphatic heterocycles. The molecule has 2 rings (SSSR count). The first-order chi connectivity index (χ1) is 8.50. The van der Waals surface area contributed by atoms with Crippen LogP contribution in [0, 0.1) is 13.8 Å². The summed E-state index contributed by atoms with van der Waals surface area (Å²) < 4.78 is 5.73. The fourth-order valence-corrected chi connectivity index (χ4v) is 2.11. The van der Waals surface area contributed by atoms with Crippen molar-refractivity contribution in [3.63, 3.8) is 0 Å². The predicted octanol–water partition coefficient (Wildman–Crippen LogP) is 2.91. The van der Waals surface area contributed by atoms with Crippen molar-refractivity contribution < 1.29 is 14.3 Å². The lowest BCUT2D eigenvalue weighted by atomic mass is 10.00. The molecule has 0 radical (unpaired) electrons. The Morgan fingerprint density at radius 2 is 2.17 bits per heavy atom. The number of carboxylic acid groups (broad SMARTS) is 1. The third-order valence-electron chi connectivity index (χ3n) is 3.30. The van der Waals surface area contributed by atoms with Gasteiger partial charge in [0.1, 0.15) is 11.3 Å². The molecule has 0 bridgehead atoms. The standard InChI is InChI=1S/C14H17NO3/c1-8-9(2)18-14-10(8)4-3-5-11(14)12(15)6-7-13(16)17/h3-5,12H,6-7,15H2,1-2H3,(H,16,17). The van der Waals surface area contributed by atoms with Gasteiger partial charge >= 0.3 is 5.97 Å². The van der Waals surface area contributed by atoms with Crippen LogP contribution < -0.4 is 5.73 Å². The number of aliphatic carboxylic acids is 1. The lowest BCUT2D eigenvalue weighted by molar-refractivity contribution is -0.137. The zero-order chi connectivity index (χ0) is 13.3. The van der Waals surface area contributed by atoms with E-state index in [0.717, 1.165) is 27.9 Å². The van der Waals surface area contributed by atoms with Gasteiger partial charge in [0.15, 0.2) is 0 Å². The summed E-state index contributed by atoms with van der Waals surface area (Å²) in [4.78, 5) is 10.6. The van der Waals surface area contributed by atoms with Crippen LogP contribution >= 0.6 is 0 Å². The summed E-state index contributed by atoms with van der Waals surface area (Å²) in [5.74, 6) is 0.0484. The first-order valence-corrected chi connectivity index (χ1v) is 5.96. The summed E-state index contributed by atoms with van der Waals surface area (Å²) >= 11 is 0. The lowest BCUT2D eigenvalue weighted by Gasteiger charge is -2.10. The average molecular weight is 247 g/mol. The zero-order valence-corrected chi connectivity index (χ0v) is 10.6. The van der Waals surface area contributed by atoms with Crippen molar-refractivity contribution in [3.05, 3.63) is 35.1 Å². The highest BCUT2D eigenvalue weighted by Gasteiger charge is 2.16. The summed E-state index contributed by atoms with van der Waals surface area (Å²) in [6.45, 7) is 3.93. The van der Waals surface area contributed by atoms with E-state index < -0.39 is 5.97 Å². The Kier molecular flexibility index (Phi) is 3.39. The molecule has 0 fully saturated rings. The van der Waals surface area contributed by atoms with E-state index in [9.17, 15) is 4.79 Å². The molecule has 96 valence electrons. The normalized spacial score (nSPS) is 12.8. The van der Waals surface area contributed by atoms with Crippen LogP contribution in [0.1, 0.15) is 35.8 Å². The highest BCUT2D eigenvalue weighted by atomic mass is 16.4. The highest BCUT2D eigenvalue weighted by Crippen LogP contribution is 2.31. The second-order valence-electron chi connectivity index (χ2n) is 4.55. The molecule has 4 nitrogen and oxygen atoms in total. The number of rotatable bonds is 4. The summed E-state index contributed by atoms with van der Waals surface area (Å²) in [6, 6.07) is 5.52. The van der Waals surface area contributed by atoms with E-state index in [0.29, 0.717) is 6.42 Å². The van der Waals surface area contributed by atoms with E-state index in [2.05, 4.69) is 0 Å². The van der Waals surface area contributed by atoms with Crippen LogP contribution in [-0.4, -0.2) is 11.1 Å². The Morgan fingerprint density at radius 1 is 1.44 bits per heavy atom. The van der Waals surface area contributed by atoms with Gasteiger partial charge in [-0.05, 0) is 25.8 Å². The number of benzene rings is 1. The van der Waals surface area contributed by atoms with E-state index in [1.165, 1.54) is 0 Å². The van der Waals surface area contributed by atoms with Gasteiger partial charge in [-0.3, -0.25) is 4.79 Å². The topological polar surface area (TPSA) is 76.5 Å². The Labute approximate surface area is 105 Å². The van der Waals surface area contributed by atoms with E-state index in [1.807, 2.05) is 32.0 Å². The Bertz CT molecular complexity index is 586. The molecule has 2 aromatic rings. The van der Waals surface area contributed by atoms with E-state index in [4.69, 9.17) is 15.3 Å². The van der Waals surface area contributed by atoms with Crippen LogP contribution in [0.4, 0.5) is 0 Å². The van der Waals surface area contributed by atoms with Crippen molar-refractivity contribution in [2.75, 3.05) is 0 Å². The molecule has 1 heterocycles. The van der Waals surface area contributed by atoms with Crippen LogP contribution in [-0.2, 0) is 4.79 Å². The monoisotopic (exact) mass is 247 g/mol. The van der Waals surface area contributed by atoms with Gasteiger partial charge < -0.3 is 15.3 Å². The third kappa shape index (κ3) is 2.24. The average Bonchev–Trinajstić information content (AvgIpc) is 2.62. The fourth-order valence-electron chi connectivity index (χ4n) is 2.11. The Hall–Kier alpha value is -1.81. The lowest BCUT2D eigenvalue weighted by Crippen LogP contribution is -2.12. The molecule has 0 amide bonds. The molecule has 1 unspecified atom stereocenters. The summed E-state index contributed by atoms with van der Waals surface area (Å²) in [5.41, 5.74) is 8.82. The van der Waals surface area contributed by atoms with Crippen molar-refractivity contribution in [2.24, 2.45) is 5.73 Å². The molecule has 0 saturated heterocycles. The Balaban J connectivity index is 2.38. The van der Waals surface area contributed by atoms with Gasteiger partial charge in [0.2, 0.25) is 0 Å². The number of carbonyl (C=O) groups is 1. The number of carboxylic acids is 1. The largest absolute Gasteiger partial charge is 0.481 e. The summed E-state index contributed by atoms with van der Waals surface area (Å²) in [5, 5.41) is 9.74. The first kappa shape index (κ1) is 12.6. The maximum atomic E-state index is 10.6. The van der Waals surface area contributed by atoms with Gasteiger partial charge in [-0.1, -0.05) is 18.2 Å². The molecular weight excluding hydrogens is 230 g/mol. The quantitative estimate of drug-likeness (QED) is 0.870. The summed E-state index contributed by atoms with van der Waals surface area (Å²) in [7, 11) is 0. The molecule has 1 atom stereocenters. The molecule has 3 N–H and O–H groups in total. The maximum absolute atomic E-state index is 10.6. The molecule has 1 aromatic carbocycles. The predicted molar refractivity (Wildman–Crippen MR) is 69.5 cm³/mol. The van der Waals surface area contributed by atoms with Crippen LogP contribution in [0.5, 0.6) is 0 Å². The second-order valence-corrected chi connectivity index (χ2v) is 4.55. The molecule has 0 aliphatic rings. The van der Waals surface area contributed by atoms with Gasteiger partial charge in [-0.2, -0.15) is 0 Å². The maximum Gasteiger partial charge on any atom is 0.303 e. The van der Waals surface area contributed by atoms with Crippen molar-refractivity contribution >= 4 is 16.9 Å². The van der Waals surface area contributed by atoms with E-state index >= 15 is 0 Å². The number of hydrogen-bond donors (Lipinski definition) is 2. The van der Waals surface area contributed by atoms with Crippen LogP contribution in [0.3, 0.4) is 0 Å². The van der Waals surface area contributed by atoms with E-state index in [-0.39, 0.29) is 12.5 Å². The molecule has 0 aliphatic carbocycles. The van der Waals surface area contributed by atoms with Crippen LogP contribution in [0.25, 0.3) is 11.0 Å².